The monoisotopic (exact) mass is 1020 g/mol. The van der Waals surface area contributed by atoms with Gasteiger partial charge in [0.2, 0.25) is 0 Å². The lowest BCUT2D eigenvalue weighted by Gasteiger charge is -2.29. The number of methoxy groups -OCH3 is 4. The number of hydrogen-bond donors (Lipinski definition) is 2. The smallest absolute Gasteiger partial charge is 0.357 e. The Morgan fingerprint density at radius 2 is 0.851 bits per heavy atom. The zero-order valence-electron chi connectivity index (χ0n) is 46.8. The van der Waals surface area contributed by atoms with Gasteiger partial charge in [-0.25, -0.2) is 19.8 Å². The molecule has 0 saturated carbocycles. The van der Waals surface area contributed by atoms with Crippen molar-refractivity contribution in [3.05, 3.63) is 189 Å². The molecule has 6 aromatic rings. The molecular weight excluding hydrogens is 938 g/mol. The van der Waals surface area contributed by atoms with Gasteiger partial charge in [-0.05, 0) is 126 Å². The van der Waals surface area contributed by atoms with Gasteiger partial charge < -0.3 is 36.7 Å². The van der Waals surface area contributed by atoms with Gasteiger partial charge in [0.25, 0.3) is 5.96 Å². The molecule has 0 aromatic heterocycles. The van der Waals surface area contributed by atoms with E-state index < -0.39 is 0 Å². The van der Waals surface area contributed by atoms with Crippen molar-refractivity contribution >= 4 is 11.9 Å². The number of rotatable bonds is 12. The summed E-state index contributed by atoms with van der Waals surface area (Å²) in [5, 5.41) is 8.03. The summed E-state index contributed by atoms with van der Waals surface area (Å²) < 4.78 is 25.4. The second kappa shape index (κ2) is 21.8. The highest BCUT2D eigenvalue weighted by Gasteiger charge is 2.50. The van der Waals surface area contributed by atoms with E-state index in [2.05, 4.69) is 212 Å². The van der Waals surface area contributed by atoms with Crippen LogP contribution in [-0.2, 0) is 34.7 Å². The summed E-state index contributed by atoms with van der Waals surface area (Å²) in [4.78, 5) is 8.20. The van der Waals surface area contributed by atoms with Crippen LogP contribution in [0.25, 0.3) is 0 Å². The van der Waals surface area contributed by atoms with Crippen LogP contribution in [0.15, 0.2) is 138 Å². The number of nitrogens with one attached hydrogen (secondary N) is 2. The first-order valence-corrected chi connectivity index (χ1v) is 25.8. The van der Waals surface area contributed by atoms with Gasteiger partial charge in [0, 0.05) is 0 Å². The molecule has 8 rings (SSSR count). The SMILES string of the molecule is COc1ccc([C@@H]2N=C(NC3=[N+](Cc4cc(C(C)(C)C)cc(C(C)(C)C)c4)[C@@H](c4ccc(OC)cc4)[C@H](c4ccc(OC)cc4)N3Cc3cc(C(C)(C)C)cc(C(C)(C)C)c3)N[C@H]2c2ccc(OC)cc2)cc1.[Cl-]. The molecule has 2 heterocycles. The lowest BCUT2D eigenvalue weighted by atomic mass is 9.79. The minimum atomic E-state index is -0.254. The molecular formula is C64H80ClN5O4. The van der Waals surface area contributed by atoms with E-state index >= 15 is 0 Å². The molecule has 74 heavy (non-hydrogen) atoms. The maximum atomic E-state index is 5.79. The van der Waals surface area contributed by atoms with Gasteiger partial charge in [0.05, 0.1) is 47.6 Å². The van der Waals surface area contributed by atoms with E-state index in [1.54, 1.807) is 28.4 Å². The summed E-state index contributed by atoms with van der Waals surface area (Å²) in [7, 11) is 6.87. The molecule has 9 nitrogen and oxygen atoms in total. The Morgan fingerprint density at radius 3 is 1.24 bits per heavy atom. The lowest BCUT2D eigenvalue weighted by Crippen LogP contribution is -3.00. The topological polar surface area (TPSA) is 79.6 Å². The van der Waals surface area contributed by atoms with Crippen molar-refractivity contribution in [3.8, 4) is 23.0 Å². The van der Waals surface area contributed by atoms with E-state index in [1.807, 2.05) is 24.3 Å². The molecule has 392 valence electrons. The van der Waals surface area contributed by atoms with E-state index in [4.69, 9.17) is 23.9 Å². The molecule has 0 radical (unpaired) electrons. The van der Waals surface area contributed by atoms with Crippen molar-refractivity contribution in [2.24, 2.45) is 4.99 Å². The molecule has 0 aliphatic carbocycles. The predicted molar refractivity (Wildman–Crippen MR) is 299 cm³/mol. The Balaban J connectivity index is 0.00000800. The van der Waals surface area contributed by atoms with Gasteiger partial charge in [0.1, 0.15) is 41.1 Å². The second-order valence-electron chi connectivity index (χ2n) is 24.1. The maximum absolute atomic E-state index is 5.79. The number of ether oxygens (including phenoxy) is 4. The fourth-order valence-corrected chi connectivity index (χ4v) is 10.1. The molecule has 0 bridgehead atoms. The molecule has 4 atom stereocenters. The Morgan fingerprint density at radius 1 is 0.486 bits per heavy atom. The fourth-order valence-electron chi connectivity index (χ4n) is 10.1. The summed E-state index contributed by atoms with van der Waals surface area (Å²) in [5.41, 5.74) is 11.9. The minimum Gasteiger partial charge on any atom is -1.00 e. The zero-order valence-corrected chi connectivity index (χ0v) is 47.5. The van der Waals surface area contributed by atoms with E-state index in [-0.39, 0.29) is 58.2 Å². The highest BCUT2D eigenvalue weighted by atomic mass is 35.5. The van der Waals surface area contributed by atoms with Crippen LogP contribution in [0.5, 0.6) is 23.0 Å². The highest BCUT2D eigenvalue weighted by molar-refractivity contribution is 5.98. The summed E-state index contributed by atoms with van der Waals surface area (Å²) in [6.07, 6.45) is 0. The summed E-state index contributed by atoms with van der Waals surface area (Å²) in [6.45, 7) is 29.0. The van der Waals surface area contributed by atoms with Gasteiger partial charge >= 0.3 is 5.96 Å². The molecule has 10 heteroatoms. The first-order chi connectivity index (χ1) is 34.5. The van der Waals surface area contributed by atoms with Crippen molar-refractivity contribution in [1.82, 2.24) is 15.5 Å². The van der Waals surface area contributed by atoms with E-state index in [0.717, 1.165) is 40.1 Å². The second-order valence-corrected chi connectivity index (χ2v) is 24.1. The third-order valence-corrected chi connectivity index (χ3v) is 14.6. The van der Waals surface area contributed by atoms with Gasteiger partial charge in [-0.2, -0.15) is 0 Å². The van der Waals surface area contributed by atoms with Crippen LogP contribution in [0.2, 0.25) is 0 Å². The minimum absolute atomic E-state index is 0. The Bertz CT molecular complexity index is 2870. The Hall–Kier alpha value is -6.45. The molecule has 0 spiro atoms. The average molecular weight is 1020 g/mol. The summed E-state index contributed by atoms with van der Waals surface area (Å²) in [6, 6.07) is 47.7. The van der Waals surface area contributed by atoms with Crippen molar-refractivity contribution in [3.63, 3.8) is 0 Å². The van der Waals surface area contributed by atoms with Crippen LogP contribution in [0, 0.1) is 0 Å². The first kappa shape index (κ1) is 55.3. The van der Waals surface area contributed by atoms with Gasteiger partial charge in [-0.15, -0.1) is 0 Å². The van der Waals surface area contributed by atoms with Gasteiger partial charge in [-0.1, -0.05) is 168 Å². The molecule has 2 aliphatic rings. The highest BCUT2D eigenvalue weighted by Crippen LogP contribution is 2.46. The van der Waals surface area contributed by atoms with Crippen LogP contribution in [0.3, 0.4) is 0 Å². The number of hydrogen-bond acceptors (Lipinski definition) is 8. The molecule has 0 amide bonds. The van der Waals surface area contributed by atoms with E-state index in [9.17, 15) is 0 Å². The third-order valence-electron chi connectivity index (χ3n) is 14.6. The Kier molecular flexibility index (Phi) is 16.3. The fraction of sp³-hybridized carbons (Fsp3) is 0.406. The average Bonchev–Trinajstić information content (AvgIpc) is 3.91. The standard InChI is InChI=1S/C64H79N5O4.ClH/c1-61(2,3)47-33-41(34-48(37-47)62(4,5)6)39-68-57(45-21-29-53(72-15)30-22-45)58(46-23-31-54(73-16)32-24-46)69(40-42-35-49(63(7,8)9)38-50(36-42)64(10,11)12)60(68)67-59-65-55(43-17-25-51(70-13)26-18-43)56(66-59)44-19-27-52(71-14)28-20-44;/h17-38,55-58H,39-40H2,1-16H3,(H,65,66);1H/t55-,56-,57-,58-;/m0./s1. The van der Waals surface area contributed by atoms with Crippen molar-refractivity contribution in [2.75, 3.05) is 28.4 Å². The molecule has 0 fully saturated rings. The van der Waals surface area contributed by atoms with Crippen molar-refractivity contribution in [2.45, 2.75) is 142 Å². The largest absolute Gasteiger partial charge is 1.00 e. The van der Waals surface area contributed by atoms with Crippen LogP contribution >= 0.6 is 0 Å². The molecule has 6 aromatic carbocycles. The normalized spacial score (nSPS) is 18.1. The van der Waals surface area contributed by atoms with Crippen LogP contribution < -0.4 is 42.0 Å². The van der Waals surface area contributed by atoms with Crippen LogP contribution in [-0.4, -0.2) is 49.8 Å². The summed E-state index contributed by atoms with van der Waals surface area (Å²) in [5.74, 6) is 4.87. The number of aliphatic imine (C=N–C) groups is 1. The number of halogens is 1. The number of nitrogens with zero attached hydrogens (tertiary/aromatic N) is 3. The molecule has 0 saturated heterocycles. The predicted octanol–water partition coefficient (Wildman–Crippen LogP) is 10.8. The lowest BCUT2D eigenvalue weighted by molar-refractivity contribution is -0.583. The van der Waals surface area contributed by atoms with Crippen LogP contribution in [0.1, 0.15) is 163 Å². The van der Waals surface area contributed by atoms with Crippen LogP contribution in [0.4, 0.5) is 0 Å². The van der Waals surface area contributed by atoms with E-state index in [0.29, 0.717) is 19.0 Å². The first-order valence-electron chi connectivity index (χ1n) is 25.8. The number of benzene rings is 6. The third kappa shape index (κ3) is 12.2. The number of guanidine groups is 2. The molecule has 2 aliphatic heterocycles. The quantitative estimate of drug-likeness (QED) is 0.118. The molecule has 2 N–H and O–H groups in total. The maximum Gasteiger partial charge on any atom is 0.357 e. The van der Waals surface area contributed by atoms with E-state index in [1.165, 1.54) is 44.5 Å². The Labute approximate surface area is 448 Å². The molecule has 0 unspecified atom stereocenters. The summed E-state index contributed by atoms with van der Waals surface area (Å²) >= 11 is 0. The van der Waals surface area contributed by atoms with Gasteiger partial charge in [-0.3, -0.25) is 0 Å². The van der Waals surface area contributed by atoms with Gasteiger partial charge in [0.15, 0.2) is 0 Å². The zero-order chi connectivity index (χ0) is 52.6. The van der Waals surface area contributed by atoms with Crippen molar-refractivity contribution in [1.29, 1.82) is 0 Å². The van der Waals surface area contributed by atoms with Crippen molar-refractivity contribution < 1.29 is 35.9 Å².